The van der Waals surface area contributed by atoms with E-state index in [1.54, 1.807) is 0 Å². The number of benzene rings is 2. The molecule has 0 aliphatic carbocycles. The van der Waals surface area contributed by atoms with Crippen molar-refractivity contribution in [2.24, 2.45) is 0 Å². The van der Waals surface area contributed by atoms with Crippen LogP contribution in [-0.4, -0.2) is 4.98 Å². The number of hydrogen-bond acceptors (Lipinski definition) is 0. The smallest absolute Gasteiger partial charge is 0.0474 e. The highest BCUT2D eigenvalue weighted by Gasteiger charge is 2.03. The average molecular weight is 216 g/mol. The average Bonchev–Trinajstić information content (AvgIpc) is 2.66. The molecule has 0 aliphatic rings. The molecule has 2 aromatic carbocycles. The number of fused-ring (bicyclic) bond motifs is 3. The van der Waals surface area contributed by atoms with Gasteiger partial charge in [0.05, 0.1) is 0 Å². The van der Waals surface area contributed by atoms with Crippen LogP contribution in [0.1, 0.15) is 5.56 Å². The zero-order chi connectivity index (χ0) is 10.3. The van der Waals surface area contributed by atoms with Gasteiger partial charge in [-0.25, -0.2) is 0 Å². The van der Waals surface area contributed by atoms with Crippen molar-refractivity contribution in [1.82, 2.24) is 4.98 Å². The number of alkyl halides is 1. The van der Waals surface area contributed by atoms with Crippen molar-refractivity contribution in [2.45, 2.75) is 5.88 Å². The van der Waals surface area contributed by atoms with Crippen LogP contribution in [0.15, 0.2) is 42.5 Å². The second-order valence-corrected chi connectivity index (χ2v) is 3.95. The number of aromatic nitrogens is 1. The summed E-state index contributed by atoms with van der Waals surface area (Å²) in [5.41, 5.74) is 3.51. The molecule has 0 radical (unpaired) electrons. The molecule has 0 bridgehead atoms. The zero-order valence-electron chi connectivity index (χ0n) is 8.13. The lowest BCUT2D eigenvalue weighted by Gasteiger charge is -1.95. The van der Waals surface area contributed by atoms with Crippen molar-refractivity contribution in [2.75, 3.05) is 0 Å². The lowest BCUT2D eigenvalue weighted by Crippen LogP contribution is -1.76. The Kier molecular flexibility index (Phi) is 1.93. The van der Waals surface area contributed by atoms with E-state index in [0.717, 1.165) is 5.56 Å². The molecule has 0 unspecified atom stereocenters. The summed E-state index contributed by atoms with van der Waals surface area (Å²) in [6.45, 7) is 0. The quantitative estimate of drug-likeness (QED) is 0.590. The van der Waals surface area contributed by atoms with Gasteiger partial charge in [-0.15, -0.1) is 11.6 Å². The molecule has 0 spiro atoms. The van der Waals surface area contributed by atoms with E-state index in [-0.39, 0.29) is 0 Å². The number of para-hydroxylation sites is 1. The van der Waals surface area contributed by atoms with Crippen LogP contribution >= 0.6 is 11.6 Å². The first-order chi connectivity index (χ1) is 7.38. The SMILES string of the molecule is ClCc1ccc2[nH]c3ccccc3c2c1. The van der Waals surface area contributed by atoms with E-state index >= 15 is 0 Å². The van der Waals surface area contributed by atoms with Gasteiger partial charge in [0.1, 0.15) is 0 Å². The number of H-pyrrole nitrogens is 1. The van der Waals surface area contributed by atoms with Gasteiger partial charge in [0.2, 0.25) is 0 Å². The fourth-order valence-corrected chi connectivity index (χ4v) is 2.14. The second-order valence-electron chi connectivity index (χ2n) is 3.68. The van der Waals surface area contributed by atoms with Crippen molar-refractivity contribution in [3.8, 4) is 0 Å². The van der Waals surface area contributed by atoms with Gasteiger partial charge < -0.3 is 4.98 Å². The van der Waals surface area contributed by atoms with Gasteiger partial charge >= 0.3 is 0 Å². The van der Waals surface area contributed by atoms with E-state index in [0.29, 0.717) is 5.88 Å². The minimum absolute atomic E-state index is 0.565. The van der Waals surface area contributed by atoms with Gasteiger partial charge in [-0.1, -0.05) is 24.3 Å². The first kappa shape index (κ1) is 8.81. The van der Waals surface area contributed by atoms with Crippen LogP contribution in [0.5, 0.6) is 0 Å². The highest BCUT2D eigenvalue weighted by Crippen LogP contribution is 2.26. The topological polar surface area (TPSA) is 15.8 Å². The molecule has 74 valence electrons. The Morgan fingerprint density at radius 2 is 1.73 bits per heavy atom. The van der Waals surface area contributed by atoms with E-state index in [2.05, 4.69) is 41.4 Å². The molecule has 0 saturated carbocycles. The Balaban J connectivity index is 2.46. The molecule has 3 rings (SSSR count). The Bertz CT molecular complexity index is 625. The molecule has 0 amide bonds. The molecule has 15 heavy (non-hydrogen) atoms. The van der Waals surface area contributed by atoms with Crippen molar-refractivity contribution >= 4 is 33.4 Å². The van der Waals surface area contributed by atoms with E-state index in [1.807, 2.05) is 6.07 Å². The molecule has 0 fully saturated rings. The predicted molar refractivity (Wildman–Crippen MR) is 65.4 cm³/mol. The van der Waals surface area contributed by atoms with Crippen molar-refractivity contribution in [1.29, 1.82) is 0 Å². The van der Waals surface area contributed by atoms with Gasteiger partial charge in [0.15, 0.2) is 0 Å². The molecule has 0 saturated heterocycles. The van der Waals surface area contributed by atoms with E-state index in [4.69, 9.17) is 11.6 Å². The van der Waals surface area contributed by atoms with Crippen LogP contribution in [0.4, 0.5) is 0 Å². The Hall–Kier alpha value is -1.47. The maximum absolute atomic E-state index is 5.84. The molecule has 1 heterocycles. The predicted octanol–water partition coefficient (Wildman–Crippen LogP) is 4.06. The van der Waals surface area contributed by atoms with Crippen molar-refractivity contribution in [3.05, 3.63) is 48.0 Å². The second kappa shape index (κ2) is 3.28. The lowest BCUT2D eigenvalue weighted by atomic mass is 10.1. The molecule has 3 aromatic rings. The first-order valence-electron chi connectivity index (χ1n) is 4.94. The maximum Gasteiger partial charge on any atom is 0.0474 e. The van der Waals surface area contributed by atoms with Crippen LogP contribution in [0, 0.1) is 0 Å². The van der Waals surface area contributed by atoms with Crippen molar-refractivity contribution < 1.29 is 0 Å². The van der Waals surface area contributed by atoms with Crippen LogP contribution in [0.25, 0.3) is 21.8 Å². The Morgan fingerprint density at radius 1 is 0.933 bits per heavy atom. The largest absolute Gasteiger partial charge is 0.355 e. The Labute approximate surface area is 92.7 Å². The summed E-state index contributed by atoms with van der Waals surface area (Å²) in [6, 6.07) is 14.6. The van der Waals surface area contributed by atoms with E-state index in [1.165, 1.54) is 21.8 Å². The number of rotatable bonds is 1. The Morgan fingerprint density at radius 3 is 2.60 bits per heavy atom. The van der Waals surface area contributed by atoms with Crippen LogP contribution in [-0.2, 0) is 5.88 Å². The molecule has 0 aliphatic heterocycles. The van der Waals surface area contributed by atoms with Gasteiger partial charge in [-0.2, -0.15) is 0 Å². The summed E-state index contributed by atoms with van der Waals surface area (Å²) >= 11 is 5.84. The lowest BCUT2D eigenvalue weighted by molar-refractivity contribution is 1.42. The van der Waals surface area contributed by atoms with E-state index in [9.17, 15) is 0 Å². The highest BCUT2D eigenvalue weighted by molar-refractivity contribution is 6.17. The fraction of sp³-hybridized carbons (Fsp3) is 0.0769. The van der Waals surface area contributed by atoms with Crippen molar-refractivity contribution in [3.63, 3.8) is 0 Å². The minimum Gasteiger partial charge on any atom is -0.355 e. The third-order valence-corrected chi connectivity index (χ3v) is 3.03. The van der Waals surface area contributed by atoms with Crippen LogP contribution in [0.2, 0.25) is 0 Å². The third-order valence-electron chi connectivity index (χ3n) is 2.72. The molecule has 1 nitrogen and oxygen atoms in total. The van der Waals surface area contributed by atoms with Gasteiger partial charge in [-0.3, -0.25) is 0 Å². The minimum atomic E-state index is 0.565. The number of nitrogens with one attached hydrogen (secondary N) is 1. The molecular weight excluding hydrogens is 206 g/mol. The molecule has 2 heteroatoms. The third kappa shape index (κ3) is 1.31. The maximum atomic E-state index is 5.84. The summed E-state index contributed by atoms with van der Waals surface area (Å²) in [6.07, 6.45) is 0. The fourth-order valence-electron chi connectivity index (χ4n) is 1.98. The van der Waals surface area contributed by atoms with Crippen LogP contribution < -0.4 is 0 Å². The van der Waals surface area contributed by atoms with Gasteiger partial charge in [0, 0.05) is 27.7 Å². The van der Waals surface area contributed by atoms with Crippen LogP contribution in [0.3, 0.4) is 0 Å². The summed E-state index contributed by atoms with van der Waals surface area (Å²) in [5.74, 6) is 0.565. The highest BCUT2D eigenvalue weighted by atomic mass is 35.5. The molecule has 0 atom stereocenters. The molecular formula is C13H10ClN. The van der Waals surface area contributed by atoms with Gasteiger partial charge in [0.25, 0.3) is 0 Å². The normalized spacial score (nSPS) is 11.3. The first-order valence-corrected chi connectivity index (χ1v) is 5.47. The summed E-state index contributed by atoms with van der Waals surface area (Å²) in [7, 11) is 0. The summed E-state index contributed by atoms with van der Waals surface area (Å²) in [5, 5.41) is 2.52. The summed E-state index contributed by atoms with van der Waals surface area (Å²) in [4.78, 5) is 3.39. The number of aromatic amines is 1. The molecule has 1 aromatic heterocycles. The monoisotopic (exact) mass is 215 g/mol. The zero-order valence-corrected chi connectivity index (χ0v) is 8.88. The van der Waals surface area contributed by atoms with E-state index < -0.39 is 0 Å². The molecule has 1 N–H and O–H groups in total. The van der Waals surface area contributed by atoms with Gasteiger partial charge in [-0.05, 0) is 23.8 Å². The standard InChI is InChI=1S/C13H10ClN/c14-8-9-5-6-13-11(7-9)10-3-1-2-4-12(10)15-13/h1-7,15H,8H2. The summed E-state index contributed by atoms with van der Waals surface area (Å²) < 4.78 is 0. The number of hydrogen-bond donors (Lipinski definition) is 1. The number of halogens is 1.